The number of piperidine rings is 1. The smallest absolute Gasteiger partial charge is 0.119 e. The lowest BCUT2D eigenvalue weighted by Gasteiger charge is -2.30. The first-order valence-electron chi connectivity index (χ1n) is 12.7. The van der Waals surface area contributed by atoms with Crippen molar-refractivity contribution in [3.05, 3.63) is 94.0 Å². The van der Waals surface area contributed by atoms with E-state index in [4.69, 9.17) is 4.74 Å². The Balaban J connectivity index is 1.27. The van der Waals surface area contributed by atoms with Crippen molar-refractivity contribution in [2.75, 3.05) is 26.2 Å². The molecular formula is C31H33NO2. The third-order valence-corrected chi connectivity index (χ3v) is 8.02. The zero-order chi connectivity index (χ0) is 23.1. The summed E-state index contributed by atoms with van der Waals surface area (Å²) in [6.07, 6.45) is 8.23. The minimum absolute atomic E-state index is 0.0902. The molecule has 1 aliphatic heterocycles. The van der Waals surface area contributed by atoms with Crippen LogP contribution in [-0.2, 0) is 18.3 Å². The van der Waals surface area contributed by atoms with Crippen molar-refractivity contribution in [2.24, 2.45) is 0 Å². The third kappa shape index (κ3) is 3.82. The number of rotatable bonds is 5. The lowest BCUT2D eigenvalue weighted by molar-refractivity contribution is 0.183. The second kappa shape index (κ2) is 8.63. The molecule has 3 aromatic rings. The Morgan fingerprint density at radius 2 is 1.68 bits per heavy atom. The number of ether oxygens (including phenoxy) is 1. The van der Waals surface area contributed by atoms with Crippen molar-refractivity contribution >= 4 is 11.6 Å². The van der Waals surface area contributed by atoms with E-state index in [9.17, 15) is 5.11 Å². The molecule has 1 spiro atoms. The van der Waals surface area contributed by atoms with Crippen LogP contribution in [0.1, 0.15) is 52.6 Å². The maximum absolute atomic E-state index is 10.2. The molecule has 1 heterocycles. The molecule has 0 bridgehead atoms. The van der Waals surface area contributed by atoms with Crippen LogP contribution in [0, 0.1) is 6.92 Å². The van der Waals surface area contributed by atoms with Gasteiger partial charge in [0.25, 0.3) is 0 Å². The second-order valence-electron chi connectivity index (χ2n) is 10.3. The van der Waals surface area contributed by atoms with E-state index in [1.165, 1.54) is 65.7 Å². The van der Waals surface area contributed by atoms with Gasteiger partial charge in [-0.3, -0.25) is 4.90 Å². The first-order valence-corrected chi connectivity index (χ1v) is 12.7. The van der Waals surface area contributed by atoms with E-state index in [1.54, 1.807) is 0 Å². The number of phenolic OH excluding ortho intramolecular Hbond substituents is 1. The quantitative estimate of drug-likeness (QED) is 0.505. The standard InChI is InChI=1S/C31H33NO2/c1-22-5-7-23(8-6-22)30-19-25-17-27(33)10-12-29(25)31(30)20-24-9-11-28(18-26(24)21-31)34-16-15-32-13-3-2-4-14-32/h5-12,17-19,33H,2-4,13-16,20-21H2,1H3. The van der Waals surface area contributed by atoms with E-state index >= 15 is 0 Å². The molecule has 6 rings (SSSR count). The highest BCUT2D eigenvalue weighted by Gasteiger charge is 2.46. The van der Waals surface area contributed by atoms with E-state index in [1.807, 2.05) is 12.1 Å². The number of allylic oxidation sites excluding steroid dienone is 1. The molecule has 3 aromatic carbocycles. The summed E-state index contributed by atoms with van der Waals surface area (Å²) in [5.74, 6) is 1.31. The SMILES string of the molecule is Cc1ccc(C2=Cc3cc(O)ccc3C23Cc2ccc(OCCN4CCCCC4)cc2C3)cc1. The van der Waals surface area contributed by atoms with Crippen LogP contribution in [0.2, 0.25) is 0 Å². The summed E-state index contributed by atoms with van der Waals surface area (Å²) in [6, 6.07) is 21.4. The number of fused-ring (bicyclic) bond motifs is 3. The lowest BCUT2D eigenvalue weighted by Crippen LogP contribution is -2.33. The topological polar surface area (TPSA) is 32.7 Å². The van der Waals surface area contributed by atoms with Gasteiger partial charge in [-0.2, -0.15) is 0 Å². The predicted molar refractivity (Wildman–Crippen MR) is 138 cm³/mol. The summed E-state index contributed by atoms with van der Waals surface area (Å²) in [4.78, 5) is 2.52. The molecule has 3 heteroatoms. The number of likely N-dealkylation sites (tertiary alicyclic amines) is 1. The highest BCUT2D eigenvalue weighted by atomic mass is 16.5. The average Bonchev–Trinajstić information content (AvgIpc) is 3.37. The molecule has 0 radical (unpaired) electrons. The maximum atomic E-state index is 10.2. The van der Waals surface area contributed by atoms with Crippen LogP contribution in [-0.4, -0.2) is 36.2 Å². The van der Waals surface area contributed by atoms with Crippen molar-refractivity contribution in [2.45, 2.75) is 44.4 Å². The number of aromatic hydroxyl groups is 1. The fourth-order valence-electron chi connectivity index (χ4n) is 6.24. The summed E-state index contributed by atoms with van der Waals surface area (Å²) < 4.78 is 6.21. The number of hydrogen-bond donors (Lipinski definition) is 1. The fraction of sp³-hybridized carbons (Fsp3) is 0.355. The molecule has 1 saturated heterocycles. The molecule has 3 nitrogen and oxygen atoms in total. The molecule has 1 N–H and O–H groups in total. The van der Waals surface area contributed by atoms with E-state index in [0.29, 0.717) is 5.75 Å². The van der Waals surface area contributed by atoms with Gasteiger partial charge in [-0.05, 0) is 109 Å². The van der Waals surface area contributed by atoms with Gasteiger partial charge in [0.1, 0.15) is 18.1 Å². The molecule has 0 amide bonds. The van der Waals surface area contributed by atoms with Gasteiger partial charge in [0.05, 0.1) is 0 Å². The van der Waals surface area contributed by atoms with Gasteiger partial charge < -0.3 is 9.84 Å². The molecule has 2 aliphatic carbocycles. The molecule has 1 unspecified atom stereocenters. The third-order valence-electron chi connectivity index (χ3n) is 8.02. The van der Waals surface area contributed by atoms with Gasteiger partial charge in [0, 0.05) is 12.0 Å². The number of benzene rings is 3. The van der Waals surface area contributed by atoms with Gasteiger partial charge in [-0.25, -0.2) is 0 Å². The molecule has 1 fully saturated rings. The lowest BCUT2D eigenvalue weighted by atomic mass is 9.72. The largest absolute Gasteiger partial charge is 0.508 e. The van der Waals surface area contributed by atoms with Gasteiger partial charge in [0.15, 0.2) is 0 Å². The van der Waals surface area contributed by atoms with E-state index in [0.717, 1.165) is 37.3 Å². The van der Waals surface area contributed by atoms with E-state index in [-0.39, 0.29) is 5.41 Å². The highest BCUT2D eigenvalue weighted by Crippen LogP contribution is 2.55. The van der Waals surface area contributed by atoms with Crippen molar-refractivity contribution in [3.63, 3.8) is 0 Å². The molecule has 3 aliphatic rings. The van der Waals surface area contributed by atoms with Crippen molar-refractivity contribution < 1.29 is 9.84 Å². The summed E-state index contributed by atoms with van der Waals surface area (Å²) in [7, 11) is 0. The number of hydrogen-bond acceptors (Lipinski definition) is 3. The second-order valence-corrected chi connectivity index (χ2v) is 10.3. The van der Waals surface area contributed by atoms with E-state index < -0.39 is 0 Å². The van der Waals surface area contributed by atoms with E-state index in [2.05, 4.69) is 66.4 Å². The summed E-state index contributed by atoms with van der Waals surface area (Å²) in [5.41, 5.74) is 9.06. The van der Waals surface area contributed by atoms with Crippen molar-refractivity contribution in [1.82, 2.24) is 4.90 Å². The molecular weight excluding hydrogens is 418 g/mol. The van der Waals surface area contributed by atoms with Crippen molar-refractivity contribution in [1.29, 1.82) is 0 Å². The number of aryl methyl sites for hydroxylation is 1. The summed E-state index contributed by atoms with van der Waals surface area (Å²) in [6.45, 7) is 6.31. The minimum Gasteiger partial charge on any atom is -0.508 e. The Labute approximate surface area is 202 Å². The number of phenols is 1. The van der Waals surface area contributed by atoms with Crippen LogP contribution in [0.25, 0.3) is 11.6 Å². The summed E-state index contributed by atoms with van der Waals surface area (Å²) in [5, 5.41) is 10.2. The van der Waals surface area contributed by atoms with Crippen LogP contribution in [0.3, 0.4) is 0 Å². The zero-order valence-electron chi connectivity index (χ0n) is 20.0. The van der Waals surface area contributed by atoms with Gasteiger partial charge in [-0.1, -0.05) is 48.4 Å². The first kappa shape index (κ1) is 21.5. The Morgan fingerprint density at radius 1 is 0.882 bits per heavy atom. The van der Waals surface area contributed by atoms with Crippen LogP contribution in [0.4, 0.5) is 0 Å². The van der Waals surface area contributed by atoms with Crippen LogP contribution in [0.5, 0.6) is 11.5 Å². The first-order chi connectivity index (χ1) is 16.6. The molecule has 34 heavy (non-hydrogen) atoms. The van der Waals surface area contributed by atoms with Gasteiger partial charge in [-0.15, -0.1) is 0 Å². The van der Waals surface area contributed by atoms with Gasteiger partial charge in [0.2, 0.25) is 0 Å². The van der Waals surface area contributed by atoms with Gasteiger partial charge >= 0.3 is 0 Å². The molecule has 0 saturated carbocycles. The Morgan fingerprint density at radius 3 is 2.50 bits per heavy atom. The molecule has 1 atom stereocenters. The zero-order valence-corrected chi connectivity index (χ0v) is 20.0. The van der Waals surface area contributed by atoms with Crippen LogP contribution in [0.15, 0.2) is 60.7 Å². The molecule has 0 aromatic heterocycles. The van der Waals surface area contributed by atoms with Crippen molar-refractivity contribution in [3.8, 4) is 11.5 Å². The summed E-state index contributed by atoms with van der Waals surface area (Å²) >= 11 is 0. The Kier molecular flexibility index (Phi) is 5.45. The monoisotopic (exact) mass is 451 g/mol. The average molecular weight is 452 g/mol. The normalized spacial score (nSPS) is 21.4. The highest BCUT2D eigenvalue weighted by molar-refractivity contribution is 5.95. The van der Waals surface area contributed by atoms with Crippen LogP contribution >= 0.6 is 0 Å². The Bertz CT molecular complexity index is 1240. The van der Waals surface area contributed by atoms with Crippen LogP contribution < -0.4 is 4.74 Å². The Hall–Kier alpha value is -3.04. The maximum Gasteiger partial charge on any atom is 0.119 e. The molecule has 174 valence electrons. The minimum atomic E-state index is -0.0902. The number of nitrogens with zero attached hydrogens (tertiary/aromatic N) is 1. The fourth-order valence-corrected chi connectivity index (χ4v) is 6.24. The predicted octanol–water partition coefficient (Wildman–Crippen LogP) is 6.16.